The molecule has 3 nitrogen and oxygen atoms in total. The molecule has 1 aliphatic carbocycles. The number of hydrogen-bond donors (Lipinski definition) is 1. The van der Waals surface area contributed by atoms with Crippen LogP contribution in [0.3, 0.4) is 0 Å². The Hall–Kier alpha value is -1.84. The van der Waals surface area contributed by atoms with E-state index in [2.05, 4.69) is 5.16 Å². The molecule has 0 saturated heterocycles. The van der Waals surface area contributed by atoms with Crippen LogP contribution in [0.4, 0.5) is 10.2 Å². The molecule has 4 heteroatoms. The Morgan fingerprint density at radius 2 is 1.76 bits per heavy atom. The van der Waals surface area contributed by atoms with Gasteiger partial charge in [0.15, 0.2) is 5.82 Å². The smallest absolute Gasteiger partial charge is 0.175 e. The van der Waals surface area contributed by atoms with Crippen LogP contribution in [0.15, 0.2) is 28.8 Å². The highest BCUT2D eigenvalue weighted by Gasteiger charge is 2.21. The van der Waals surface area contributed by atoms with Crippen LogP contribution in [0, 0.1) is 11.7 Å². The van der Waals surface area contributed by atoms with Crippen molar-refractivity contribution in [2.45, 2.75) is 44.9 Å². The van der Waals surface area contributed by atoms with Gasteiger partial charge in [0.1, 0.15) is 11.6 Å². The van der Waals surface area contributed by atoms with Gasteiger partial charge in [0, 0.05) is 6.42 Å². The van der Waals surface area contributed by atoms with Gasteiger partial charge in [-0.3, -0.25) is 0 Å². The summed E-state index contributed by atoms with van der Waals surface area (Å²) in [6.45, 7) is 0. The Balaban J connectivity index is 1.84. The summed E-state index contributed by atoms with van der Waals surface area (Å²) in [5.74, 6) is 1.62. The topological polar surface area (TPSA) is 52.0 Å². The lowest BCUT2D eigenvalue weighted by Crippen LogP contribution is -2.03. The van der Waals surface area contributed by atoms with Crippen LogP contribution in [0.1, 0.15) is 44.3 Å². The molecule has 0 unspecified atom stereocenters. The monoisotopic (exact) mass is 288 g/mol. The molecule has 1 aromatic heterocycles. The SMILES string of the molecule is Nc1noc(CC2CCCCCC2)c1-c1ccc(F)cc1. The first-order valence-electron chi connectivity index (χ1n) is 7.74. The second-order valence-electron chi connectivity index (χ2n) is 5.93. The highest BCUT2D eigenvalue weighted by atomic mass is 19.1. The summed E-state index contributed by atoms with van der Waals surface area (Å²) in [4.78, 5) is 0. The van der Waals surface area contributed by atoms with E-state index < -0.39 is 0 Å². The second-order valence-corrected chi connectivity index (χ2v) is 5.93. The number of rotatable bonds is 3. The molecular formula is C17H21FN2O. The lowest BCUT2D eigenvalue weighted by molar-refractivity contribution is 0.347. The fraction of sp³-hybridized carbons (Fsp3) is 0.471. The maximum absolute atomic E-state index is 13.1. The van der Waals surface area contributed by atoms with Crippen LogP contribution in [0.25, 0.3) is 11.1 Å². The van der Waals surface area contributed by atoms with Crippen molar-refractivity contribution >= 4 is 5.82 Å². The fourth-order valence-electron chi connectivity index (χ4n) is 3.23. The van der Waals surface area contributed by atoms with Gasteiger partial charge in [-0.1, -0.05) is 55.8 Å². The second kappa shape index (κ2) is 6.29. The van der Waals surface area contributed by atoms with Gasteiger partial charge in [-0.15, -0.1) is 0 Å². The molecule has 2 N–H and O–H groups in total. The molecular weight excluding hydrogens is 267 g/mol. The minimum absolute atomic E-state index is 0.251. The first kappa shape index (κ1) is 14.1. The average molecular weight is 288 g/mol. The van der Waals surface area contributed by atoms with Gasteiger partial charge >= 0.3 is 0 Å². The molecule has 2 aromatic rings. The van der Waals surface area contributed by atoms with E-state index in [-0.39, 0.29) is 5.82 Å². The van der Waals surface area contributed by atoms with Gasteiger partial charge in [0.2, 0.25) is 0 Å². The highest BCUT2D eigenvalue weighted by Crippen LogP contribution is 2.34. The van der Waals surface area contributed by atoms with Crippen molar-refractivity contribution in [1.82, 2.24) is 5.16 Å². The van der Waals surface area contributed by atoms with E-state index in [0.717, 1.165) is 23.3 Å². The number of hydrogen-bond acceptors (Lipinski definition) is 3. The minimum Gasteiger partial charge on any atom is -0.380 e. The number of nitrogens with two attached hydrogens (primary N) is 1. The van der Waals surface area contributed by atoms with Gasteiger partial charge in [0.05, 0.1) is 5.56 Å². The minimum atomic E-state index is -0.251. The maximum Gasteiger partial charge on any atom is 0.175 e. The van der Waals surface area contributed by atoms with Crippen molar-refractivity contribution in [2.75, 3.05) is 5.73 Å². The van der Waals surface area contributed by atoms with Crippen LogP contribution in [-0.2, 0) is 6.42 Å². The summed E-state index contributed by atoms with van der Waals surface area (Å²) in [7, 11) is 0. The molecule has 0 spiro atoms. The number of nitrogen functional groups attached to an aromatic ring is 1. The molecule has 1 aromatic carbocycles. The Morgan fingerprint density at radius 1 is 1.10 bits per heavy atom. The number of nitrogens with zero attached hydrogens (tertiary/aromatic N) is 1. The van der Waals surface area contributed by atoms with Gasteiger partial charge < -0.3 is 10.3 Å². The van der Waals surface area contributed by atoms with Crippen LogP contribution >= 0.6 is 0 Å². The molecule has 1 saturated carbocycles. The van der Waals surface area contributed by atoms with Crippen molar-refractivity contribution in [3.63, 3.8) is 0 Å². The highest BCUT2D eigenvalue weighted by molar-refractivity contribution is 5.75. The molecule has 1 heterocycles. The predicted molar refractivity (Wildman–Crippen MR) is 81.2 cm³/mol. The Morgan fingerprint density at radius 3 is 2.43 bits per heavy atom. The first-order chi connectivity index (χ1) is 10.2. The van der Waals surface area contributed by atoms with Crippen molar-refractivity contribution in [1.29, 1.82) is 0 Å². The zero-order valence-corrected chi connectivity index (χ0v) is 12.1. The summed E-state index contributed by atoms with van der Waals surface area (Å²) in [6, 6.07) is 6.35. The summed E-state index contributed by atoms with van der Waals surface area (Å²) in [6.07, 6.45) is 8.60. The lowest BCUT2D eigenvalue weighted by atomic mass is 9.92. The first-order valence-corrected chi connectivity index (χ1v) is 7.74. The molecule has 0 radical (unpaired) electrons. The molecule has 1 fully saturated rings. The summed E-state index contributed by atoms with van der Waals surface area (Å²) < 4.78 is 18.5. The Bertz CT molecular complexity index is 583. The predicted octanol–water partition coefficient (Wildman–Crippen LogP) is 4.58. The third-order valence-electron chi connectivity index (χ3n) is 4.37. The summed E-state index contributed by atoms with van der Waals surface area (Å²) in [5, 5.41) is 3.91. The average Bonchev–Trinajstić information content (AvgIpc) is 2.69. The van der Waals surface area contributed by atoms with E-state index in [1.807, 2.05) is 0 Å². The number of aromatic nitrogens is 1. The Labute approximate surface area is 124 Å². The third-order valence-corrected chi connectivity index (χ3v) is 4.37. The standard InChI is InChI=1S/C17H21FN2O/c18-14-9-7-13(8-10-14)16-15(21-20-17(16)19)11-12-5-3-1-2-4-6-12/h7-10,12H,1-6,11H2,(H2,19,20). The summed E-state index contributed by atoms with van der Waals surface area (Å²) in [5.41, 5.74) is 7.66. The normalized spacial score (nSPS) is 16.8. The van der Waals surface area contributed by atoms with Gasteiger partial charge in [-0.05, 0) is 23.6 Å². The molecule has 0 bridgehead atoms. The quantitative estimate of drug-likeness (QED) is 0.841. The molecule has 0 aliphatic heterocycles. The van der Waals surface area contributed by atoms with Crippen LogP contribution in [0.2, 0.25) is 0 Å². The van der Waals surface area contributed by atoms with Crippen molar-refractivity contribution < 1.29 is 8.91 Å². The van der Waals surface area contributed by atoms with Gasteiger partial charge in [-0.2, -0.15) is 0 Å². The van der Waals surface area contributed by atoms with E-state index in [0.29, 0.717) is 11.7 Å². The molecule has 112 valence electrons. The molecule has 3 rings (SSSR count). The van der Waals surface area contributed by atoms with Gasteiger partial charge in [0.25, 0.3) is 0 Å². The summed E-state index contributed by atoms with van der Waals surface area (Å²) >= 11 is 0. The largest absolute Gasteiger partial charge is 0.380 e. The zero-order chi connectivity index (χ0) is 14.7. The number of halogens is 1. The fourth-order valence-corrected chi connectivity index (χ4v) is 3.23. The zero-order valence-electron chi connectivity index (χ0n) is 12.1. The lowest BCUT2D eigenvalue weighted by Gasteiger charge is -2.12. The van der Waals surface area contributed by atoms with E-state index >= 15 is 0 Å². The van der Waals surface area contributed by atoms with E-state index in [1.165, 1.54) is 50.7 Å². The van der Waals surface area contributed by atoms with Crippen molar-refractivity contribution in [2.24, 2.45) is 5.92 Å². The van der Waals surface area contributed by atoms with Gasteiger partial charge in [-0.25, -0.2) is 4.39 Å². The van der Waals surface area contributed by atoms with Crippen LogP contribution < -0.4 is 5.73 Å². The molecule has 1 aliphatic rings. The van der Waals surface area contributed by atoms with Crippen molar-refractivity contribution in [3.05, 3.63) is 35.8 Å². The number of anilines is 1. The molecule has 0 atom stereocenters. The molecule has 21 heavy (non-hydrogen) atoms. The third kappa shape index (κ3) is 3.26. The maximum atomic E-state index is 13.1. The van der Waals surface area contributed by atoms with E-state index in [1.54, 1.807) is 12.1 Å². The Kier molecular flexibility index (Phi) is 4.23. The number of benzene rings is 1. The molecule has 0 amide bonds. The van der Waals surface area contributed by atoms with Crippen LogP contribution in [0.5, 0.6) is 0 Å². The van der Waals surface area contributed by atoms with E-state index in [4.69, 9.17) is 10.3 Å². The van der Waals surface area contributed by atoms with E-state index in [9.17, 15) is 4.39 Å². The van der Waals surface area contributed by atoms with Crippen molar-refractivity contribution in [3.8, 4) is 11.1 Å². The van der Waals surface area contributed by atoms with Crippen LogP contribution in [-0.4, -0.2) is 5.16 Å².